The minimum absolute atomic E-state index is 0.0845. The molecule has 1 aromatic heterocycles. The number of nitrogens with zero attached hydrogens (tertiary/aromatic N) is 3. The Hall–Kier alpha value is -1.72. The van der Waals surface area contributed by atoms with Crippen molar-refractivity contribution in [2.24, 2.45) is 7.05 Å². The van der Waals surface area contributed by atoms with Gasteiger partial charge in [0.05, 0.1) is 17.0 Å². The summed E-state index contributed by atoms with van der Waals surface area (Å²) in [4.78, 5) is 18.3. The summed E-state index contributed by atoms with van der Waals surface area (Å²) in [6, 6.07) is 5.55. The molecule has 1 aliphatic rings. The molecule has 2 heterocycles. The average molecular weight is 339 g/mol. The molecule has 0 bridgehead atoms. The first-order valence-corrected chi connectivity index (χ1v) is 7.77. The number of aromatic nitrogens is 2. The fourth-order valence-corrected chi connectivity index (χ4v) is 3.15. The number of carbonyl (C=O) groups excluding carboxylic acids is 1. The summed E-state index contributed by atoms with van der Waals surface area (Å²) in [6.45, 7) is 1.56. The molecule has 3 rings (SSSR count). The highest BCUT2D eigenvalue weighted by Gasteiger charge is 2.26. The SMILES string of the molecule is Cn1cnc(C(=O)N[C@@H]2CCN(c3ccc(Cl)cc3Cl)C2)c1. The number of hydrogen-bond acceptors (Lipinski definition) is 3. The van der Waals surface area contributed by atoms with Gasteiger partial charge in [0.1, 0.15) is 5.69 Å². The highest BCUT2D eigenvalue weighted by Crippen LogP contribution is 2.31. The third-order valence-corrected chi connectivity index (χ3v) is 4.25. The molecule has 1 fully saturated rings. The third-order valence-electron chi connectivity index (χ3n) is 3.71. The fraction of sp³-hybridized carbons (Fsp3) is 0.333. The Morgan fingerprint density at radius 2 is 2.23 bits per heavy atom. The van der Waals surface area contributed by atoms with Crippen LogP contribution in [0, 0.1) is 0 Å². The van der Waals surface area contributed by atoms with Crippen LogP contribution in [0.1, 0.15) is 16.9 Å². The zero-order valence-corrected chi connectivity index (χ0v) is 13.6. The standard InChI is InChI=1S/C15H16Cl2N4O/c1-20-8-13(18-9-20)15(22)19-11-4-5-21(7-11)14-3-2-10(16)6-12(14)17/h2-3,6,8-9,11H,4-5,7H2,1H3,(H,19,22)/t11-/m1/s1. The summed E-state index contributed by atoms with van der Waals surface area (Å²) >= 11 is 12.2. The van der Waals surface area contributed by atoms with Crippen molar-refractivity contribution in [2.75, 3.05) is 18.0 Å². The minimum Gasteiger partial charge on any atom is -0.368 e. The van der Waals surface area contributed by atoms with Gasteiger partial charge in [0.25, 0.3) is 5.91 Å². The summed E-state index contributed by atoms with van der Waals surface area (Å²) in [5, 5.41) is 4.26. The van der Waals surface area contributed by atoms with Gasteiger partial charge in [-0.1, -0.05) is 23.2 Å². The molecular weight excluding hydrogens is 323 g/mol. The van der Waals surface area contributed by atoms with Gasteiger partial charge in [0.15, 0.2) is 0 Å². The molecule has 1 aromatic carbocycles. The number of aryl methyl sites for hydroxylation is 1. The number of amides is 1. The highest BCUT2D eigenvalue weighted by atomic mass is 35.5. The van der Waals surface area contributed by atoms with Crippen LogP contribution in [0.15, 0.2) is 30.7 Å². The maximum atomic E-state index is 12.1. The third kappa shape index (κ3) is 3.20. The number of imidazole rings is 1. The van der Waals surface area contributed by atoms with E-state index in [1.807, 2.05) is 19.2 Å². The fourth-order valence-electron chi connectivity index (χ4n) is 2.62. The maximum Gasteiger partial charge on any atom is 0.271 e. The molecule has 7 heteroatoms. The lowest BCUT2D eigenvalue weighted by Gasteiger charge is -2.20. The molecule has 1 amide bonds. The molecule has 0 aliphatic carbocycles. The lowest BCUT2D eigenvalue weighted by atomic mass is 10.2. The van der Waals surface area contributed by atoms with Crippen LogP contribution in [0.3, 0.4) is 0 Å². The molecule has 1 N–H and O–H groups in total. The summed E-state index contributed by atoms with van der Waals surface area (Å²) < 4.78 is 1.75. The summed E-state index contributed by atoms with van der Waals surface area (Å²) in [5.74, 6) is -0.144. The van der Waals surface area contributed by atoms with Crippen molar-refractivity contribution in [2.45, 2.75) is 12.5 Å². The van der Waals surface area contributed by atoms with Crippen molar-refractivity contribution >= 4 is 34.8 Å². The van der Waals surface area contributed by atoms with Crippen LogP contribution < -0.4 is 10.2 Å². The normalized spacial score (nSPS) is 17.8. The summed E-state index contributed by atoms with van der Waals surface area (Å²) in [5.41, 5.74) is 1.38. The lowest BCUT2D eigenvalue weighted by molar-refractivity contribution is 0.0936. The van der Waals surface area contributed by atoms with Crippen molar-refractivity contribution < 1.29 is 4.79 Å². The molecule has 2 aromatic rings. The number of rotatable bonds is 3. The average Bonchev–Trinajstić information content (AvgIpc) is 3.08. The van der Waals surface area contributed by atoms with Gasteiger partial charge in [-0.3, -0.25) is 4.79 Å². The van der Waals surface area contributed by atoms with Crippen molar-refractivity contribution in [3.63, 3.8) is 0 Å². The predicted molar refractivity (Wildman–Crippen MR) is 87.8 cm³/mol. The lowest BCUT2D eigenvalue weighted by Crippen LogP contribution is -2.37. The van der Waals surface area contributed by atoms with Gasteiger partial charge in [-0.25, -0.2) is 4.98 Å². The predicted octanol–water partition coefficient (Wildman–Crippen LogP) is 2.74. The Balaban J connectivity index is 1.64. The van der Waals surface area contributed by atoms with E-state index < -0.39 is 0 Å². The van der Waals surface area contributed by atoms with Crippen molar-refractivity contribution in [3.05, 3.63) is 46.5 Å². The number of nitrogens with one attached hydrogen (secondary N) is 1. The molecule has 1 aliphatic heterocycles. The van der Waals surface area contributed by atoms with Crippen LogP contribution in [-0.2, 0) is 7.05 Å². The molecule has 0 spiro atoms. The van der Waals surface area contributed by atoms with Crippen LogP contribution in [0.5, 0.6) is 0 Å². The summed E-state index contributed by atoms with van der Waals surface area (Å²) in [7, 11) is 1.84. The van der Waals surface area contributed by atoms with Crippen LogP contribution in [0.4, 0.5) is 5.69 Å². The zero-order chi connectivity index (χ0) is 15.7. The Morgan fingerprint density at radius 1 is 1.41 bits per heavy atom. The molecule has 0 radical (unpaired) electrons. The van der Waals surface area contributed by atoms with Gasteiger partial charge in [0, 0.05) is 37.4 Å². The molecule has 22 heavy (non-hydrogen) atoms. The molecule has 116 valence electrons. The first-order chi connectivity index (χ1) is 10.5. The largest absolute Gasteiger partial charge is 0.368 e. The van der Waals surface area contributed by atoms with Crippen molar-refractivity contribution in [1.29, 1.82) is 0 Å². The second-order valence-corrected chi connectivity index (χ2v) is 6.27. The Labute approximate surface area is 138 Å². The van der Waals surface area contributed by atoms with E-state index in [4.69, 9.17) is 23.2 Å². The smallest absolute Gasteiger partial charge is 0.271 e. The van der Waals surface area contributed by atoms with E-state index in [-0.39, 0.29) is 11.9 Å². The first kappa shape index (κ1) is 15.2. The molecule has 0 unspecified atom stereocenters. The van der Waals surface area contributed by atoms with Crippen LogP contribution >= 0.6 is 23.2 Å². The van der Waals surface area contributed by atoms with Crippen molar-refractivity contribution in [1.82, 2.24) is 14.9 Å². The van der Waals surface area contributed by atoms with Gasteiger partial charge in [-0.15, -0.1) is 0 Å². The highest BCUT2D eigenvalue weighted by molar-refractivity contribution is 6.36. The van der Waals surface area contributed by atoms with E-state index in [0.29, 0.717) is 15.7 Å². The Bertz CT molecular complexity index is 701. The number of anilines is 1. The quantitative estimate of drug-likeness (QED) is 0.936. The second kappa shape index (κ2) is 6.18. The van der Waals surface area contributed by atoms with E-state index >= 15 is 0 Å². The topological polar surface area (TPSA) is 50.2 Å². The molecule has 1 atom stereocenters. The van der Waals surface area contributed by atoms with E-state index in [2.05, 4.69) is 15.2 Å². The van der Waals surface area contributed by atoms with E-state index in [1.165, 1.54) is 0 Å². The van der Waals surface area contributed by atoms with Gasteiger partial charge >= 0.3 is 0 Å². The molecule has 1 saturated heterocycles. The molecule has 5 nitrogen and oxygen atoms in total. The van der Waals surface area contributed by atoms with Crippen molar-refractivity contribution in [3.8, 4) is 0 Å². The monoisotopic (exact) mass is 338 g/mol. The number of halogens is 2. The number of carbonyl (C=O) groups is 1. The van der Waals surface area contributed by atoms with Crippen LogP contribution in [0.2, 0.25) is 10.0 Å². The maximum absolute atomic E-state index is 12.1. The minimum atomic E-state index is -0.144. The van der Waals surface area contributed by atoms with E-state index in [0.717, 1.165) is 25.2 Å². The number of benzene rings is 1. The van der Waals surface area contributed by atoms with Crippen LogP contribution in [0.25, 0.3) is 0 Å². The Kier molecular flexibility index (Phi) is 4.27. The van der Waals surface area contributed by atoms with E-state index in [9.17, 15) is 4.79 Å². The molecular formula is C15H16Cl2N4O. The number of hydrogen-bond donors (Lipinski definition) is 1. The summed E-state index contributed by atoms with van der Waals surface area (Å²) in [6.07, 6.45) is 4.19. The van der Waals surface area contributed by atoms with Gasteiger partial charge < -0.3 is 14.8 Å². The molecule has 0 saturated carbocycles. The van der Waals surface area contributed by atoms with Gasteiger partial charge in [0.2, 0.25) is 0 Å². The second-order valence-electron chi connectivity index (χ2n) is 5.43. The first-order valence-electron chi connectivity index (χ1n) is 7.02. The van der Waals surface area contributed by atoms with Crippen LogP contribution in [-0.4, -0.2) is 34.6 Å². The van der Waals surface area contributed by atoms with Gasteiger partial charge in [-0.2, -0.15) is 0 Å². The van der Waals surface area contributed by atoms with Gasteiger partial charge in [-0.05, 0) is 24.6 Å². The zero-order valence-electron chi connectivity index (χ0n) is 12.1. The Morgan fingerprint density at radius 3 is 2.91 bits per heavy atom. The van der Waals surface area contributed by atoms with E-state index in [1.54, 1.807) is 23.2 Å².